The molecule has 28 heavy (non-hydrogen) atoms. The van der Waals surface area contributed by atoms with Crippen LogP contribution < -0.4 is 5.32 Å². The van der Waals surface area contributed by atoms with E-state index < -0.39 is 0 Å². The molecule has 1 aliphatic heterocycles. The van der Waals surface area contributed by atoms with Crippen molar-refractivity contribution in [2.24, 2.45) is 0 Å². The fourth-order valence-electron chi connectivity index (χ4n) is 2.49. The number of hydrogen-bond acceptors (Lipinski definition) is 4. The summed E-state index contributed by atoms with van der Waals surface area (Å²) in [5.41, 5.74) is 1.77. The number of hydrogen-bond donors (Lipinski definition) is 1. The fraction of sp³-hybridized carbons (Fsp3) is 0.0952. The molecule has 7 heteroatoms. The van der Waals surface area contributed by atoms with E-state index in [-0.39, 0.29) is 24.8 Å². The van der Waals surface area contributed by atoms with E-state index in [9.17, 15) is 9.59 Å². The van der Waals surface area contributed by atoms with Crippen LogP contribution in [0.5, 0.6) is 0 Å². The minimum absolute atomic E-state index is 0.163. The van der Waals surface area contributed by atoms with Crippen molar-refractivity contribution in [3.63, 3.8) is 0 Å². The third kappa shape index (κ3) is 5.64. The Morgan fingerprint density at radius 3 is 2.57 bits per heavy atom. The Balaban J connectivity index is 1.54. The van der Waals surface area contributed by atoms with E-state index in [2.05, 4.69) is 21.2 Å². The van der Waals surface area contributed by atoms with Crippen molar-refractivity contribution in [1.82, 2.24) is 4.90 Å². The topological polar surface area (TPSA) is 49.4 Å². The average Bonchev–Trinajstić information content (AvgIpc) is 2.96. The standard InChI is InChI=1S/C21H17BrN2O2S2/c22-16-9-11-17(12-10-16)23-19(25)13-14-24-20(26)18(28-21(24)27)8-4-7-15-5-2-1-3-6-15/h1-12H,13-14H2,(H,23,25)/b7-4+,18-8-. The Morgan fingerprint density at radius 2 is 1.86 bits per heavy atom. The highest BCUT2D eigenvalue weighted by atomic mass is 79.9. The predicted molar refractivity (Wildman–Crippen MR) is 123 cm³/mol. The second kappa shape index (κ2) is 9.82. The molecule has 0 saturated carbocycles. The molecule has 0 aliphatic carbocycles. The van der Waals surface area contributed by atoms with Gasteiger partial charge in [-0.15, -0.1) is 0 Å². The molecular formula is C21H17BrN2O2S2. The highest BCUT2D eigenvalue weighted by molar-refractivity contribution is 9.10. The summed E-state index contributed by atoms with van der Waals surface area (Å²) in [6.45, 7) is 0.257. The van der Waals surface area contributed by atoms with Crippen LogP contribution in [0.1, 0.15) is 12.0 Å². The number of carbonyl (C=O) groups is 2. The molecule has 1 fully saturated rings. The molecule has 3 rings (SSSR count). The Morgan fingerprint density at radius 1 is 1.14 bits per heavy atom. The van der Waals surface area contributed by atoms with Crippen LogP contribution in [-0.2, 0) is 9.59 Å². The van der Waals surface area contributed by atoms with E-state index in [0.717, 1.165) is 10.0 Å². The molecule has 1 heterocycles. The summed E-state index contributed by atoms with van der Waals surface area (Å²) in [4.78, 5) is 26.7. The van der Waals surface area contributed by atoms with Crippen LogP contribution in [0.15, 0.2) is 76.1 Å². The van der Waals surface area contributed by atoms with Crippen LogP contribution in [0.3, 0.4) is 0 Å². The Labute approximate surface area is 181 Å². The lowest BCUT2D eigenvalue weighted by Gasteiger charge is -2.14. The highest BCUT2D eigenvalue weighted by Gasteiger charge is 2.31. The predicted octanol–water partition coefficient (Wildman–Crippen LogP) is 5.24. The number of nitrogens with zero attached hydrogens (tertiary/aromatic N) is 1. The minimum atomic E-state index is -0.163. The largest absolute Gasteiger partial charge is 0.326 e. The number of thioether (sulfide) groups is 1. The van der Waals surface area contributed by atoms with Crippen LogP contribution in [0, 0.1) is 0 Å². The van der Waals surface area contributed by atoms with Gasteiger partial charge in [-0.1, -0.05) is 82.4 Å². The van der Waals surface area contributed by atoms with E-state index in [1.54, 1.807) is 6.08 Å². The number of rotatable bonds is 6. The third-order valence-electron chi connectivity index (χ3n) is 3.90. The maximum Gasteiger partial charge on any atom is 0.266 e. The van der Waals surface area contributed by atoms with Gasteiger partial charge < -0.3 is 5.32 Å². The quantitative estimate of drug-likeness (QED) is 0.461. The molecule has 1 N–H and O–H groups in total. The van der Waals surface area contributed by atoms with Gasteiger partial charge in [0.25, 0.3) is 5.91 Å². The minimum Gasteiger partial charge on any atom is -0.326 e. The molecule has 0 radical (unpaired) electrons. The molecule has 2 amide bonds. The van der Waals surface area contributed by atoms with Crippen LogP contribution in [-0.4, -0.2) is 27.6 Å². The van der Waals surface area contributed by atoms with Crippen molar-refractivity contribution in [3.05, 3.63) is 81.7 Å². The molecule has 0 aromatic heterocycles. The molecule has 0 atom stereocenters. The van der Waals surface area contributed by atoms with Gasteiger partial charge in [0.15, 0.2) is 0 Å². The molecule has 2 aromatic carbocycles. The summed E-state index contributed by atoms with van der Waals surface area (Å²) < 4.78 is 1.41. The molecule has 142 valence electrons. The summed E-state index contributed by atoms with van der Waals surface area (Å²) in [5, 5.41) is 2.81. The average molecular weight is 473 g/mol. The van der Waals surface area contributed by atoms with Crippen LogP contribution >= 0.6 is 39.9 Å². The normalized spacial score (nSPS) is 15.6. The molecule has 0 spiro atoms. The lowest BCUT2D eigenvalue weighted by molar-refractivity contribution is -0.122. The van der Waals surface area contributed by atoms with Crippen molar-refractivity contribution >= 4 is 67.8 Å². The van der Waals surface area contributed by atoms with Gasteiger partial charge in [0.05, 0.1) is 4.91 Å². The van der Waals surface area contributed by atoms with Crippen LogP contribution in [0.2, 0.25) is 0 Å². The zero-order chi connectivity index (χ0) is 19.9. The van der Waals surface area contributed by atoms with Gasteiger partial charge >= 0.3 is 0 Å². The molecule has 4 nitrogen and oxygen atoms in total. The van der Waals surface area contributed by atoms with Gasteiger partial charge in [-0.05, 0) is 35.9 Å². The van der Waals surface area contributed by atoms with Gasteiger partial charge in [0.2, 0.25) is 5.91 Å². The Hall–Kier alpha value is -2.22. The summed E-state index contributed by atoms with van der Waals surface area (Å²) in [6.07, 6.45) is 5.70. The second-order valence-electron chi connectivity index (χ2n) is 5.93. The number of thiocarbonyl (C=S) groups is 1. The summed E-state index contributed by atoms with van der Waals surface area (Å²) >= 11 is 9.91. The molecule has 1 saturated heterocycles. The van der Waals surface area contributed by atoms with E-state index in [0.29, 0.717) is 14.9 Å². The zero-order valence-electron chi connectivity index (χ0n) is 14.8. The Bertz CT molecular complexity index is 941. The number of carbonyl (C=O) groups excluding carboxylic acids is 2. The van der Waals surface area contributed by atoms with Crippen molar-refractivity contribution in [2.75, 3.05) is 11.9 Å². The maximum absolute atomic E-state index is 12.5. The van der Waals surface area contributed by atoms with Gasteiger partial charge in [0, 0.05) is 23.1 Å². The maximum atomic E-state index is 12.5. The number of anilines is 1. The van der Waals surface area contributed by atoms with Crippen molar-refractivity contribution < 1.29 is 9.59 Å². The number of nitrogens with one attached hydrogen (secondary N) is 1. The van der Waals surface area contributed by atoms with E-state index in [1.165, 1.54) is 16.7 Å². The molecule has 0 unspecified atom stereocenters. The molecule has 1 aliphatic rings. The number of benzene rings is 2. The first-order valence-corrected chi connectivity index (χ1v) is 10.6. The number of amides is 2. The van der Waals surface area contributed by atoms with Gasteiger partial charge in [-0.25, -0.2) is 0 Å². The van der Waals surface area contributed by atoms with E-state index >= 15 is 0 Å². The first-order valence-electron chi connectivity index (χ1n) is 8.55. The molecule has 2 aromatic rings. The SMILES string of the molecule is O=C(CCN1C(=O)/C(=C/C=C/c2ccccc2)SC1=S)Nc1ccc(Br)cc1. The summed E-state index contributed by atoms with van der Waals surface area (Å²) in [7, 11) is 0. The van der Waals surface area contributed by atoms with Gasteiger partial charge in [0.1, 0.15) is 4.32 Å². The lowest BCUT2D eigenvalue weighted by atomic mass is 10.2. The second-order valence-corrected chi connectivity index (χ2v) is 8.52. The first-order chi connectivity index (χ1) is 13.5. The van der Waals surface area contributed by atoms with Crippen LogP contribution in [0.4, 0.5) is 5.69 Å². The van der Waals surface area contributed by atoms with Crippen molar-refractivity contribution in [1.29, 1.82) is 0 Å². The fourth-order valence-corrected chi connectivity index (χ4v) is 4.01. The van der Waals surface area contributed by atoms with Crippen LogP contribution in [0.25, 0.3) is 6.08 Å². The Kier molecular flexibility index (Phi) is 7.19. The molecular weight excluding hydrogens is 456 g/mol. The van der Waals surface area contributed by atoms with Gasteiger partial charge in [-0.2, -0.15) is 0 Å². The summed E-state index contributed by atoms with van der Waals surface area (Å²) in [6, 6.07) is 17.2. The summed E-state index contributed by atoms with van der Waals surface area (Å²) in [5.74, 6) is -0.325. The monoisotopic (exact) mass is 472 g/mol. The molecule has 0 bridgehead atoms. The van der Waals surface area contributed by atoms with Crippen molar-refractivity contribution in [3.8, 4) is 0 Å². The lowest BCUT2D eigenvalue weighted by Crippen LogP contribution is -2.31. The smallest absolute Gasteiger partial charge is 0.266 e. The zero-order valence-corrected chi connectivity index (χ0v) is 18.0. The number of allylic oxidation sites excluding steroid dienone is 2. The van der Waals surface area contributed by atoms with Gasteiger partial charge in [-0.3, -0.25) is 14.5 Å². The van der Waals surface area contributed by atoms with E-state index in [4.69, 9.17) is 12.2 Å². The number of halogens is 1. The van der Waals surface area contributed by atoms with E-state index in [1.807, 2.05) is 66.7 Å². The van der Waals surface area contributed by atoms with Crippen molar-refractivity contribution in [2.45, 2.75) is 6.42 Å². The first kappa shape index (κ1) is 20.5. The third-order valence-corrected chi connectivity index (χ3v) is 5.82. The highest BCUT2D eigenvalue weighted by Crippen LogP contribution is 2.31.